The van der Waals surface area contributed by atoms with Crippen LogP contribution in [0.2, 0.25) is 5.02 Å². The van der Waals surface area contributed by atoms with Gasteiger partial charge in [-0.3, -0.25) is 4.79 Å². The van der Waals surface area contributed by atoms with Gasteiger partial charge in [-0.15, -0.1) is 5.10 Å². The Bertz CT molecular complexity index is 868. The molecule has 2 N–H and O–H groups in total. The van der Waals surface area contributed by atoms with Gasteiger partial charge in [0.05, 0.1) is 16.0 Å². The summed E-state index contributed by atoms with van der Waals surface area (Å²) >= 11 is 6.98. The minimum Gasteiger partial charge on any atom is -0.508 e. The minimum atomic E-state index is -0.459. The lowest BCUT2D eigenvalue weighted by Gasteiger charge is -2.11. The molecule has 2 aromatic heterocycles. The number of phenolic OH excluding ortho intramolecular Hbond substituents is 1. The van der Waals surface area contributed by atoms with Crippen LogP contribution in [0, 0.1) is 0 Å². The Balaban J connectivity index is 1.70. The molecule has 128 valence electrons. The minimum absolute atomic E-state index is 0.147. The van der Waals surface area contributed by atoms with Crippen molar-refractivity contribution in [3.8, 4) is 11.4 Å². The van der Waals surface area contributed by atoms with Crippen LogP contribution in [0.25, 0.3) is 5.69 Å². The maximum Gasteiger partial charge on any atom is 0.238 e. The number of hydrogen-bond donors (Lipinski definition) is 2. The molecule has 0 aliphatic heterocycles. The van der Waals surface area contributed by atoms with Crippen LogP contribution in [-0.2, 0) is 4.79 Å². The molecule has 0 unspecified atom stereocenters. The van der Waals surface area contributed by atoms with Crippen molar-refractivity contribution in [1.82, 2.24) is 25.2 Å². The first-order chi connectivity index (χ1) is 12.0. The first-order valence-corrected chi connectivity index (χ1v) is 8.45. The predicted octanol–water partition coefficient (Wildman–Crippen LogP) is 2.54. The number of nitrogens with zero attached hydrogens (tertiary/aromatic N) is 5. The number of pyridine rings is 1. The third kappa shape index (κ3) is 4.25. The number of anilines is 1. The quantitative estimate of drug-likeness (QED) is 0.659. The molecular weight excluding hydrogens is 364 g/mol. The van der Waals surface area contributed by atoms with Crippen molar-refractivity contribution < 1.29 is 9.90 Å². The van der Waals surface area contributed by atoms with Gasteiger partial charge >= 0.3 is 0 Å². The van der Waals surface area contributed by atoms with Crippen molar-refractivity contribution in [3.05, 3.63) is 47.6 Å². The first-order valence-electron chi connectivity index (χ1n) is 7.20. The molecule has 0 radical (unpaired) electrons. The van der Waals surface area contributed by atoms with Crippen molar-refractivity contribution in [3.63, 3.8) is 0 Å². The number of carbonyl (C=O) groups excluding carboxylic acids is 1. The number of phenols is 1. The smallest absolute Gasteiger partial charge is 0.238 e. The third-order valence-corrected chi connectivity index (χ3v) is 4.42. The molecule has 0 aliphatic rings. The summed E-state index contributed by atoms with van der Waals surface area (Å²) in [5.41, 5.74) is 0.678. The van der Waals surface area contributed by atoms with Gasteiger partial charge in [0.25, 0.3) is 0 Å². The largest absolute Gasteiger partial charge is 0.508 e. The highest BCUT2D eigenvalue weighted by atomic mass is 35.5. The number of benzene rings is 1. The molecule has 1 aromatic carbocycles. The van der Waals surface area contributed by atoms with Gasteiger partial charge in [-0.1, -0.05) is 23.4 Å². The van der Waals surface area contributed by atoms with Gasteiger partial charge in [0.2, 0.25) is 11.1 Å². The van der Waals surface area contributed by atoms with Crippen LogP contribution in [0.15, 0.2) is 47.8 Å². The number of aromatic nitrogens is 5. The Hall–Kier alpha value is -2.65. The molecule has 1 atom stereocenters. The van der Waals surface area contributed by atoms with Gasteiger partial charge in [-0.2, -0.15) is 4.68 Å². The zero-order valence-electron chi connectivity index (χ0n) is 13.0. The summed E-state index contributed by atoms with van der Waals surface area (Å²) in [6.45, 7) is 1.74. The monoisotopic (exact) mass is 376 g/mol. The number of carbonyl (C=O) groups is 1. The second kappa shape index (κ2) is 7.49. The van der Waals surface area contributed by atoms with E-state index in [0.29, 0.717) is 21.7 Å². The van der Waals surface area contributed by atoms with E-state index in [9.17, 15) is 9.90 Å². The van der Waals surface area contributed by atoms with Gasteiger partial charge in [0.15, 0.2) is 0 Å². The van der Waals surface area contributed by atoms with Gasteiger partial charge in [-0.25, -0.2) is 4.98 Å². The van der Waals surface area contributed by atoms with Crippen LogP contribution in [0.5, 0.6) is 5.75 Å². The topological polar surface area (TPSA) is 106 Å². The molecule has 0 saturated heterocycles. The van der Waals surface area contributed by atoms with Crippen molar-refractivity contribution in [2.24, 2.45) is 0 Å². The van der Waals surface area contributed by atoms with Crippen LogP contribution in [0.4, 0.5) is 5.82 Å². The number of halogens is 1. The fourth-order valence-corrected chi connectivity index (χ4v) is 2.82. The van der Waals surface area contributed by atoms with E-state index < -0.39 is 5.25 Å². The maximum atomic E-state index is 12.3. The number of thioether (sulfide) groups is 1. The van der Waals surface area contributed by atoms with Crippen molar-refractivity contribution in [2.75, 3.05) is 5.32 Å². The molecule has 0 fully saturated rings. The molecule has 0 bridgehead atoms. The van der Waals surface area contributed by atoms with E-state index in [1.807, 2.05) is 0 Å². The summed E-state index contributed by atoms with van der Waals surface area (Å²) in [7, 11) is 0. The first kappa shape index (κ1) is 17.2. The summed E-state index contributed by atoms with van der Waals surface area (Å²) < 4.78 is 1.49. The number of amides is 1. The van der Waals surface area contributed by atoms with E-state index in [-0.39, 0.29) is 11.7 Å². The second-order valence-corrected chi connectivity index (χ2v) is 6.75. The molecule has 3 rings (SSSR count). The summed E-state index contributed by atoms with van der Waals surface area (Å²) in [5.74, 6) is 0.328. The Kier molecular flexibility index (Phi) is 5.15. The fourth-order valence-electron chi connectivity index (χ4n) is 1.90. The maximum absolute atomic E-state index is 12.3. The summed E-state index contributed by atoms with van der Waals surface area (Å²) in [6.07, 6.45) is 1.46. The molecule has 8 nitrogen and oxygen atoms in total. The molecule has 3 aromatic rings. The van der Waals surface area contributed by atoms with E-state index in [1.165, 1.54) is 34.8 Å². The van der Waals surface area contributed by atoms with Gasteiger partial charge in [-0.05, 0) is 53.7 Å². The number of hydrogen-bond acceptors (Lipinski definition) is 7. The zero-order valence-corrected chi connectivity index (χ0v) is 14.6. The van der Waals surface area contributed by atoms with E-state index in [0.717, 1.165) is 0 Å². The van der Waals surface area contributed by atoms with Gasteiger partial charge in [0.1, 0.15) is 11.6 Å². The predicted molar refractivity (Wildman–Crippen MR) is 94.0 cm³/mol. The number of nitrogens with one attached hydrogen (secondary N) is 1. The zero-order chi connectivity index (χ0) is 17.8. The van der Waals surface area contributed by atoms with Crippen LogP contribution in [0.3, 0.4) is 0 Å². The Morgan fingerprint density at radius 3 is 2.72 bits per heavy atom. The van der Waals surface area contributed by atoms with Crippen LogP contribution >= 0.6 is 23.4 Å². The average Bonchev–Trinajstić information content (AvgIpc) is 3.05. The Labute approximate surface area is 152 Å². The number of rotatable bonds is 5. The fraction of sp³-hybridized carbons (Fsp3) is 0.133. The van der Waals surface area contributed by atoms with E-state index in [2.05, 4.69) is 25.8 Å². The average molecular weight is 377 g/mol. The number of aromatic hydroxyl groups is 1. The lowest BCUT2D eigenvalue weighted by molar-refractivity contribution is -0.115. The lowest BCUT2D eigenvalue weighted by Crippen LogP contribution is -2.23. The third-order valence-electron chi connectivity index (χ3n) is 3.17. The SMILES string of the molecule is C[C@H](Sc1nnnn1-c1ccc(O)cc1)C(=O)Nc1ccc(Cl)cn1. The van der Waals surface area contributed by atoms with Crippen LogP contribution in [-0.4, -0.2) is 41.5 Å². The van der Waals surface area contributed by atoms with Crippen LogP contribution in [0.1, 0.15) is 6.92 Å². The lowest BCUT2D eigenvalue weighted by atomic mass is 10.3. The normalized spacial score (nSPS) is 11.9. The van der Waals surface area contributed by atoms with Crippen molar-refractivity contribution >= 4 is 35.1 Å². The molecule has 0 spiro atoms. The van der Waals surface area contributed by atoms with Crippen molar-refractivity contribution in [1.29, 1.82) is 0 Å². The second-order valence-electron chi connectivity index (χ2n) is 5.00. The Morgan fingerprint density at radius 1 is 1.28 bits per heavy atom. The van der Waals surface area contributed by atoms with E-state index in [1.54, 1.807) is 31.2 Å². The number of tetrazole rings is 1. The molecular formula is C15H13ClN6O2S. The summed E-state index contributed by atoms with van der Waals surface area (Å²) in [5, 5.41) is 24.1. The van der Waals surface area contributed by atoms with Crippen molar-refractivity contribution in [2.45, 2.75) is 17.3 Å². The van der Waals surface area contributed by atoms with Gasteiger partial charge < -0.3 is 10.4 Å². The summed E-state index contributed by atoms with van der Waals surface area (Å²) in [4.78, 5) is 16.3. The molecule has 1 amide bonds. The highest BCUT2D eigenvalue weighted by Gasteiger charge is 2.19. The molecule has 25 heavy (non-hydrogen) atoms. The molecule has 2 heterocycles. The Morgan fingerprint density at radius 2 is 2.04 bits per heavy atom. The van der Waals surface area contributed by atoms with E-state index in [4.69, 9.17) is 11.6 Å². The molecule has 0 aliphatic carbocycles. The van der Waals surface area contributed by atoms with E-state index >= 15 is 0 Å². The molecule has 10 heteroatoms. The summed E-state index contributed by atoms with van der Waals surface area (Å²) in [6, 6.07) is 9.70. The highest BCUT2D eigenvalue weighted by molar-refractivity contribution is 8.00. The van der Waals surface area contributed by atoms with Crippen LogP contribution < -0.4 is 5.32 Å². The highest BCUT2D eigenvalue weighted by Crippen LogP contribution is 2.24. The molecule has 0 saturated carbocycles. The standard InChI is InChI=1S/C15H13ClN6O2S/c1-9(14(24)18-13-7-2-10(16)8-17-13)25-15-19-20-21-22(15)11-3-5-12(23)6-4-11/h2-9,23H,1H3,(H,17,18,24)/t9-/m0/s1. The van der Waals surface area contributed by atoms with Gasteiger partial charge in [0, 0.05) is 6.20 Å².